The first-order valence-electron chi connectivity index (χ1n) is 10.1. The van der Waals surface area contributed by atoms with Crippen LogP contribution in [0.25, 0.3) is 22.5 Å². The quantitative estimate of drug-likeness (QED) is 0.229. The molecule has 0 spiro atoms. The second-order valence-corrected chi connectivity index (χ2v) is 9.46. The van der Waals surface area contributed by atoms with E-state index in [1.54, 1.807) is 0 Å². The van der Waals surface area contributed by atoms with Crippen LogP contribution in [0, 0.1) is 17.4 Å². The Hall–Kier alpha value is -2.78. The Labute approximate surface area is 205 Å². The van der Waals surface area contributed by atoms with E-state index in [1.165, 1.54) is 11.8 Å². The first-order chi connectivity index (χ1) is 15.5. The molecule has 0 fully saturated rings. The Morgan fingerprint density at radius 2 is 1.44 bits per heavy atom. The van der Waals surface area contributed by atoms with E-state index in [4.69, 9.17) is 4.98 Å². The lowest BCUT2D eigenvalue weighted by atomic mass is 10.0. The molecule has 1 heterocycles. The van der Waals surface area contributed by atoms with E-state index in [-0.39, 0.29) is 11.7 Å². The van der Waals surface area contributed by atoms with Crippen molar-refractivity contribution in [2.24, 2.45) is 0 Å². The monoisotopic (exact) mass is 552 g/mol. The smallest absolute Gasteiger partial charge is 0.234 e. The van der Waals surface area contributed by atoms with E-state index in [0.29, 0.717) is 5.16 Å². The maximum absolute atomic E-state index is 12.6. The normalized spacial score (nSPS) is 10.7. The summed E-state index contributed by atoms with van der Waals surface area (Å²) in [6.07, 6.45) is 0. The van der Waals surface area contributed by atoms with Gasteiger partial charge in [-0.1, -0.05) is 72.4 Å². The zero-order valence-corrected chi connectivity index (χ0v) is 20.6. The Morgan fingerprint density at radius 1 is 0.875 bits per heavy atom. The lowest BCUT2D eigenvalue weighted by Crippen LogP contribution is -2.16. The number of hydrogen-bond acceptors (Lipinski definition) is 5. The summed E-state index contributed by atoms with van der Waals surface area (Å²) in [5, 5.41) is 12.2. The van der Waals surface area contributed by atoms with E-state index in [0.717, 1.165) is 42.9 Å². The Kier molecular flexibility index (Phi) is 7.16. The topological polar surface area (TPSA) is 67.8 Å². The van der Waals surface area contributed by atoms with Crippen LogP contribution < -0.4 is 5.32 Å². The molecule has 0 aliphatic rings. The summed E-state index contributed by atoms with van der Waals surface area (Å²) < 4.78 is 1.15. The third kappa shape index (κ3) is 5.34. The van der Waals surface area contributed by atoms with Crippen LogP contribution in [0.5, 0.6) is 0 Å². The second kappa shape index (κ2) is 10.2. The lowest BCUT2D eigenvalue weighted by Gasteiger charge is -2.12. The molecule has 0 aliphatic carbocycles. The molecule has 160 valence electrons. The van der Waals surface area contributed by atoms with Crippen molar-refractivity contribution in [1.29, 1.82) is 0 Å². The van der Waals surface area contributed by atoms with Gasteiger partial charge < -0.3 is 5.32 Å². The summed E-state index contributed by atoms with van der Waals surface area (Å²) in [6, 6.07) is 23.9. The molecule has 0 atom stereocenters. The van der Waals surface area contributed by atoms with Crippen molar-refractivity contribution in [1.82, 2.24) is 15.2 Å². The first kappa shape index (κ1) is 22.4. The number of benzene rings is 3. The van der Waals surface area contributed by atoms with Crippen LogP contribution in [0.2, 0.25) is 0 Å². The number of rotatable bonds is 6. The third-order valence-corrected chi connectivity index (χ3v) is 6.32. The average molecular weight is 552 g/mol. The minimum absolute atomic E-state index is 0.0978. The van der Waals surface area contributed by atoms with Crippen LogP contribution in [0.3, 0.4) is 0 Å². The lowest BCUT2D eigenvalue weighted by molar-refractivity contribution is -0.113. The third-order valence-electron chi connectivity index (χ3n) is 4.86. The first-order valence-corrected chi connectivity index (χ1v) is 12.1. The number of hydrogen-bond donors (Lipinski definition) is 1. The highest BCUT2D eigenvalue weighted by Gasteiger charge is 2.15. The summed E-state index contributed by atoms with van der Waals surface area (Å²) in [5.41, 5.74) is 6.32. The molecule has 1 amide bonds. The Morgan fingerprint density at radius 3 is 2.03 bits per heavy atom. The fourth-order valence-electron chi connectivity index (χ4n) is 3.37. The fraction of sp³-hybridized carbons (Fsp3) is 0.120. The van der Waals surface area contributed by atoms with Crippen molar-refractivity contribution in [3.63, 3.8) is 0 Å². The van der Waals surface area contributed by atoms with Gasteiger partial charge in [-0.3, -0.25) is 4.79 Å². The summed E-state index contributed by atoms with van der Waals surface area (Å²) in [7, 11) is 0. The number of carbonyl (C=O) groups is 1. The summed E-state index contributed by atoms with van der Waals surface area (Å²) in [5.74, 6) is 0.102. The van der Waals surface area contributed by atoms with Crippen LogP contribution in [0.4, 0.5) is 5.69 Å². The molecule has 32 heavy (non-hydrogen) atoms. The second-order valence-electron chi connectivity index (χ2n) is 7.28. The predicted octanol–water partition coefficient (Wildman–Crippen LogP) is 6.16. The van der Waals surface area contributed by atoms with Gasteiger partial charge >= 0.3 is 0 Å². The van der Waals surface area contributed by atoms with Gasteiger partial charge in [0.15, 0.2) is 0 Å². The molecule has 0 bridgehead atoms. The van der Waals surface area contributed by atoms with Crippen molar-refractivity contribution >= 4 is 45.9 Å². The SMILES string of the molecule is Cc1cc(I)cc(C)c1NC(=O)CSc1nnc(-c2ccccc2)c(-c2ccccc2)n1. The number of nitrogens with one attached hydrogen (secondary N) is 1. The fourth-order valence-corrected chi connectivity index (χ4v) is 4.89. The van der Waals surface area contributed by atoms with Crippen molar-refractivity contribution < 1.29 is 4.79 Å². The molecule has 0 aliphatic heterocycles. The highest BCUT2D eigenvalue weighted by Crippen LogP contribution is 2.30. The zero-order valence-electron chi connectivity index (χ0n) is 17.7. The number of carbonyl (C=O) groups excluding carboxylic acids is 1. The van der Waals surface area contributed by atoms with Crippen molar-refractivity contribution in [2.45, 2.75) is 19.0 Å². The van der Waals surface area contributed by atoms with Gasteiger partial charge in [0, 0.05) is 20.4 Å². The maximum Gasteiger partial charge on any atom is 0.234 e. The molecule has 0 unspecified atom stereocenters. The standard InChI is InChI=1S/C25H21IN4OS/c1-16-13-20(26)14-17(2)22(16)27-21(31)15-32-25-28-23(18-9-5-3-6-10-18)24(29-30-25)19-11-7-4-8-12-19/h3-14H,15H2,1-2H3,(H,27,31). The molecule has 1 aromatic heterocycles. The molecule has 1 N–H and O–H groups in total. The number of thioether (sulfide) groups is 1. The summed E-state index contributed by atoms with van der Waals surface area (Å²) in [4.78, 5) is 17.4. The van der Waals surface area contributed by atoms with Gasteiger partial charge in [0.05, 0.1) is 5.75 Å². The van der Waals surface area contributed by atoms with Gasteiger partial charge in [-0.2, -0.15) is 0 Å². The van der Waals surface area contributed by atoms with Crippen molar-refractivity contribution in [2.75, 3.05) is 11.1 Å². The molecule has 4 aromatic rings. The molecular weight excluding hydrogens is 531 g/mol. The highest BCUT2D eigenvalue weighted by molar-refractivity contribution is 14.1. The van der Waals surface area contributed by atoms with E-state index in [1.807, 2.05) is 74.5 Å². The largest absolute Gasteiger partial charge is 0.325 e. The van der Waals surface area contributed by atoms with Gasteiger partial charge in [0.1, 0.15) is 11.4 Å². The molecule has 0 saturated carbocycles. The van der Waals surface area contributed by atoms with Gasteiger partial charge in [-0.25, -0.2) is 4.98 Å². The van der Waals surface area contributed by atoms with Gasteiger partial charge in [0.25, 0.3) is 0 Å². The minimum Gasteiger partial charge on any atom is -0.325 e. The van der Waals surface area contributed by atoms with Crippen LogP contribution in [-0.2, 0) is 4.79 Å². The highest BCUT2D eigenvalue weighted by atomic mass is 127. The van der Waals surface area contributed by atoms with Crippen LogP contribution in [0.15, 0.2) is 78.0 Å². The maximum atomic E-state index is 12.6. The average Bonchev–Trinajstić information content (AvgIpc) is 2.81. The zero-order chi connectivity index (χ0) is 22.5. The number of anilines is 1. The summed E-state index contributed by atoms with van der Waals surface area (Å²) in [6.45, 7) is 4.00. The number of aromatic nitrogens is 3. The van der Waals surface area contributed by atoms with Crippen molar-refractivity contribution in [3.8, 4) is 22.5 Å². The molecule has 5 nitrogen and oxygen atoms in total. The van der Waals surface area contributed by atoms with E-state index in [9.17, 15) is 4.79 Å². The minimum atomic E-state index is -0.0978. The molecule has 7 heteroatoms. The molecular formula is C25H21IN4OS. The van der Waals surface area contributed by atoms with Gasteiger partial charge in [-0.15, -0.1) is 10.2 Å². The molecule has 0 radical (unpaired) electrons. The Balaban J connectivity index is 1.55. The van der Waals surface area contributed by atoms with E-state index in [2.05, 4.69) is 50.2 Å². The van der Waals surface area contributed by atoms with E-state index < -0.39 is 0 Å². The van der Waals surface area contributed by atoms with Crippen LogP contribution in [-0.4, -0.2) is 26.8 Å². The van der Waals surface area contributed by atoms with E-state index >= 15 is 0 Å². The van der Waals surface area contributed by atoms with Crippen LogP contribution >= 0.6 is 34.4 Å². The van der Waals surface area contributed by atoms with Crippen LogP contribution in [0.1, 0.15) is 11.1 Å². The number of nitrogens with zero attached hydrogens (tertiary/aromatic N) is 3. The molecule has 4 rings (SSSR count). The Bertz CT molecular complexity index is 1230. The molecule has 0 saturated heterocycles. The predicted molar refractivity (Wildman–Crippen MR) is 139 cm³/mol. The number of halogens is 1. The molecule has 3 aromatic carbocycles. The summed E-state index contributed by atoms with van der Waals surface area (Å²) >= 11 is 3.56. The number of amides is 1. The van der Waals surface area contributed by atoms with Crippen molar-refractivity contribution in [3.05, 3.63) is 87.5 Å². The van der Waals surface area contributed by atoms with Gasteiger partial charge in [0.2, 0.25) is 11.1 Å². The number of aryl methyl sites for hydroxylation is 2. The van der Waals surface area contributed by atoms with Gasteiger partial charge in [-0.05, 0) is 59.7 Å².